The Labute approximate surface area is 84.5 Å². The molecule has 14 heavy (non-hydrogen) atoms. The van der Waals surface area contributed by atoms with Gasteiger partial charge in [-0.05, 0) is 13.0 Å². The predicted octanol–water partition coefficient (Wildman–Crippen LogP) is 0.287. The highest BCUT2D eigenvalue weighted by Gasteiger charge is 2.33. The number of carboxylic acids is 1. The minimum atomic E-state index is -1.74. The summed E-state index contributed by atoms with van der Waals surface area (Å²) in [5.74, 6) is -1.29. The number of hydrogen-bond donors (Lipinski definition) is 3. The molecule has 1 heterocycles. The average molecular weight is 217 g/mol. The van der Waals surface area contributed by atoms with E-state index < -0.39 is 17.1 Å². The van der Waals surface area contributed by atoms with Crippen molar-refractivity contribution in [1.29, 1.82) is 0 Å². The first kappa shape index (κ1) is 10.7. The Bertz CT molecular complexity index is 425. The summed E-state index contributed by atoms with van der Waals surface area (Å²) in [6.45, 7) is 1.23. The molecule has 0 aromatic carbocycles. The number of carboxylic acid groups (broad SMARTS) is 1. The maximum absolute atomic E-state index is 11.3. The van der Waals surface area contributed by atoms with Crippen LogP contribution in [0.5, 0.6) is 0 Å². The van der Waals surface area contributed by atoms with Gasteiger partial charge in [-0.1, -0.05) is 11.6 Å². The topological polar surface area (TPSA) is 96.2 Å². The van der Waals surface area contributed by atoms with Gasteiger partial charge in [0, 0.05) is 11.8 Å². The second kappa shape index (κ2) is 3.43. The Morgan fingerprint density at radius 2 is 2.29 bits per heavy atom. The van der Waals surface area contributed by atoms with Crippen LogP contribution in [-0.4, -0.2) is 16.1 Å². The summed E-state index contributed by atoms with van der Waals surface area (Å²) in [5.41, 5.74) is 3.11. The van der Waals surface area contributed by atoms with E-state index in [0.717, 1.165) is 0 Å². The van der Waals surface area contributed by atoms with Crippen LogP contribution in [0, 0.1) is 0 Å². The van der Waals surface area contributed by atoms with Gasteiger partial charge in [-0.15, -0.1) is 0 Å². The first-order valence-corrected chi connectivity index (χ1v) is 4.14. The van der Waals surface area contributed by atoms with E-state index in [1.54, 1.807) is 0 Å². The van der Waals surface area contributed by atoms with Crippen LogP contribution in [0.15, 0.2) is 17.1 Å². The summed E-state index contributed by atoms with van der Waals surface area (Å²) in [5, 5.41) is 9.02. The minimum Gasteiger partial charge on any atom is -0.480 e. The monoisotopic (exact) mass is 216 g/mol. The molecule has 0 spiro atoms. The van der Waals surface area contributed by atoms with E-state index in [2.05, 4.69) is 4.98 Å². The molecule has 0 fully saturated rings. The number of aromatic amines is 1. The third kappa shape index (κ3) is 1.78. The molecule has 6 heteroatoms. The Morgan fingerprint density at radius 3 is 2.79 bits per heavy atom. The molecule has 4 N–H and O–H groups in total. The molecule has 1 unspecified atom stereocenters. The van der Waals surface area contributed by atoms with Crippen LogP contribution < -0.4 is 11.3 Å². The zero-order chi connectivity index (χ0) is 10.9. The van der Waals surface area contributed by atoms with Gasteiger partial charge in [0.15, 0.2) is 0 Å². The molecule has 1 atom stereocenters. The Morgan fingerprint density at radius 1 is 1.71 bits per heavy atom. The number of nitrogens with two attached hydrogens (primary N) is 1. The number of aliphatic carboxylic acids is 1. The summed E-state index contributed by atoms with van der Waals surface area (Å²) in [6, 6.07) is 1.24. The van der Waals surface area contributed by atoms with Crippen molar-refractivity contribution in [2.45, 2.75) is 12.5 Å². The van der Waals surface area contributed by atoms with Gasteiger partial charge in [0.25, 0.3) is 5.56 Å². The smallest absolute Gasteiger partial charge is 0.328 e. The highest BCUT2D eigenvalue weighted by Crippen LogP contribution is 2.16. The molecule has 0 aliphatic carbocycles. The number of rotatable bonds is 2. The summed E-state index contributed by atoms with van der Waals surface area (Å²) in [7, 11) is 0. The van der Waals surface area contributed by atoms with Gasteiger partial charge in [0.05, 0.1) is 5.02 Å². The van der Waals surface area contributed by atoms with Crippen LogP contribution in [0.1, 0.15) is 12.5 Å². The van der Waals surface area contributed by atoms with Crippen molar-refractivity contribution < 1.29 is 9.90 Å². The molecule has 0 aliphatic rings. The molecule has 1 aromatic rings. The third-order valence-corrected chi connectivity index (χ3v) is 2.09. The molecule has 0 saturated heterocycles. The predicted molar refractivity (Wildman–Crippen MR) is 51.2 cm³/mol. The van der Waals surface area contributed by atoms with Crippen LogP contribution in [0.3, 0.4) is 0 Å². The van der Waals surface area contributed by atoms with E-state index >= 15 is 0 Å². The van der Waals surface area contributed by atoms with Crippen molar-refractivity contribution in [3.8, 4) is 0 Å². The fraction of sp³-hybridized carbons (Fsp3) is 0.250. The Balaban J connectivity index is 3.39. The number of pyridine rings is 1. The highest BCUT2D eigenvalue weighted by molar-refractivity contribution is 6.30. The quantitative estimate of drug-likeness (QED) is 0.662. The first-order valence-electron chi connectivity index (χ1n) is 3.76. The fourth-order valence-electron chi connectivity index (χ4n) is 0.958. The molecule has 5 nitrogen and oxygen atoms in total. The molecule has 1 aromatic heterocycles. The number of hydrogen-bond acceptors (Lipinski definition) is 3. The van der Waals surface area contributed by atoms with Crippen molar-refractivity contribution in [3.63, 3.8) is 0 Å². The molecular formula is C8H9ClN2O3. The van der Waals surface area contributed by atoms with Crippen LogP contribution >= 0.6 is 11.6 Å². The van der Waals surface area contributed by atoms with Crippen molar-refractivity contribution in [2.75, 3.05) is 0 Å². The number of carbonyl (C=O) groups is 1. The van der Waals surface area contributed by atoms with Crippen LogP contribution in [-0.2, 0) is 10.3 Å². The maximum Gasteiger partial charge on any atom is 0.328 e. The van der Waals surface area contributed by atoms with E-state index in [1.165, 1.54) is 19.2 Å². The lowest BCUT2D eigenvalue weighted by atomic mass is 9.95. The van der Waals surface area contributed by atoms with Gasteiger partial charge in [-0.2, -0.15) is 0 Å². The first-order chi connectivity index (χ1) is 6.35. The molecular weight excluding hydrogens is 208 g/mol. The van der Waals surface area contributed by atoms with Gasteiger partial charge >= 0.3 is 5.97 Å². The fourth-order valence-corrected chi connectivity index (χ4v) is 1.12. The van der Waals surface area contributed by atoms with Gasteiger partial charge < -0.3 is 15.8 Å². The SMILES string of the molecule is CC(N)(C(=O)O)c1cc(Cl)c[nH]c1=O. The van der Waals surface area contributed by atoms with E-state index in [0.29, 0.717) is 0 Å². The normalized spacial score (nSPS) is 14.8. The molecule has 0 radical (unpaired) electrons. The van der Waals surface area contributed by atoms with E-state index in [-0.39, 0.29) is 10.6 Å². The Kier molecular flexibility index (Phi) is 2.64. The summed E-state index contributed by atoms with van der Waals surface area (Å²) >= 11 is 5.61. The molecule has 0 aliphatic heterocycles. The number of aromatic nitrogens is 1. The third-order valence-electron chi connectivity index (χ3n) is 1.87. The largest absolute Gasteiger partial charge is 0.480 e. The van der Waals surface area contributed by atoms with E-state index in [1.807, 2.05) is 0 Å². The van der Waals surface area contributed by atoms with E-state index in [4.69, 9.17) is 22.4 Å². The molecule has 0 saturated carbocycles. The van der Waals surface area contributed by atoms with Crippen LogP contribution in [0.25, 0.3) is 0 Å². The van der Waals surface area contributed by atoms with Crippen molar-refractivity contribution >= 4 is 17.6 Å². The zero-order valence-electron chi connectivity index (χ0n) is 7.37. The lowest BCUT2D eigenvalue weighted by molar-refractivity contribution is -0.143. The second-order valence-corrected chi connectivity index (χ2v) is 3.50. The van der Waals surface area contributed by atoms with Gasteiger partial charge in [0.2, 0.25) is 0 Å². The van der Waals surface area contributed by atoms with Gasteiger partial charge in [-0.25, -0.2) is 4.79 Å². The second-order valence-electron chi connectivity index (χ2n) is 3.07. The van der Waals surface area contributed by atoms with E-state index in [9.17, 15) is 9.59 Å². The van der Waals surface area contributed by atoms with Crippen molar-refractivity contribution in [3.05, 3.63) is 33.2 Å². The standard InChI is InChI=1S/C8H9ClN2O3/c1-8(10,7(13)14)5-2-4(9)3-11-6(5)12/h2-3H,10H2,1H3,(H,11,12)(H,13,14). The van der Waals surface area contributed by atoms with Gasteiger partial charge in [0.1, 0.15) is 5.54 Å². The summed E-state index contributed by atoms with van der Waals surface area (Å²) in [4.78, 5) is 24.3. The maximum atomic E-state index is 11.3. The molecule has 0 amide bonds. The van der Waals surface area contributed by atoms with Crippen LogP contribution in [0.4, 0.5) is 0 Å². The molecule has 76 valence electrons. The summed E-state index contributed by atoms with van der Waals surface area (Å²) < 4.78 is 0. The zero-order valence-corrected chi connectivity index (χ0v) is 8.13. The number of nitrogens with one attached hydrogen (secondary N) is 1. The summed E-state index contributed by atoms with van der Waals surface area (Å²) in [6.07, 6.45) is 1.27. The highest BCUT2D eigenvalue weighted by atomic mass is 35.5. The lowest BCUT2D eigenvalue weighted by Crippen LogP contribution is -2.45. The van der Waals surface area contributed by atoms with Crippen molar-refractivity contribution in [2.24, 2.45) is 5.73 Å². The average Bonchev–Trinajstić information content (AvgIpc) is 2.08. The number of H-pyrrole nitrogens is 1. The lowest BCUT2D eigenvalue weighted by Gasteiger charge is -2.18. The van der Waals surface area contributed by atoms with Gasteiger partial charge in [-0.3, -0.25) is 4.79 Å². The van der Waals surface area contributed by atoms with Crippen molar-refractivity contribution in [1.82, 2.24) is 4.98 Å². The van der Waals surface area contributed by atoms with Crippen LogP contribution in [0.2, 0.25) is 5.02 Å². The number of halogens is 1. The Hall–Kier alpha value is -1.33. The molecule has 0 bridgehead atoms. The molecule has 1 rings (SSSR count). The minimum absolute atomic E-state index is 0.0718.